The molecular weight excluding hydrogens is 282 g/mol. The van der Waals surface area contributed by atoms with Crippen molar-refractivity contribution in [1.82, 2.24) is 4.98 Å². The van der Waals surface area contributed by atoms with Gasteiger partial charge < -0.3 is 25.6 Å². The number of carboxylic acids is 1. The van der Waals surface area contributed by atoms with E-state index in [0.717, 1.165) is 0 Å². The summed E-state index contributed by atoms with van der Waals surface area (Å²) in [5.41, 5.74) is 5.50. The smallest absolute Gasteiger partial charge is 0.326 e. The molecular formula is C12H19N3O4S. The van der Waals surface area contributed by atoms with E-state index in [4.69, 9.17) is 15.6 Å². The normalized spacial score (nSPS) is 23.6. The number of morpholine rings is 1. The maximum absolute atomic E-state index is 10.9. The van der Waals surface area contributed by atoms with Gasteiger partial charge in [-0.1, -0.05) is 0 Å². The number of hydrogen-bond donors (Lipinski definition) is 3. The van der Waals surface area contributed by atoms with E-state index >= 15 is 0 Å². The number of aliphatic hydroxyl groups is 1. The van der Waals surface area contributed by atoms with Crippen LogP contribution in [-0.2, 0) is 9.53 Å². The van der Waals surface area contributed by atoms with Crippen LogP contribution in [0.3, 0.4) is 0 Å². The van der Waals surface area contributed by atoms with Crippen molar-refractivity contribution in [2.24, 2.45) is 5.73 Å². The number of rotatable bonds is 4. The van der Waals surface area contributed by atoms with Gasteiger partial charge in [0, 0.05) is 18.5 Å². The first-order chi connectivity index (χ1) is 9.32. The van der Waals surface area contributed by atoms with Gasteiger partial charge in [0.25, 0.3) is 0 Å². The summed E-state index contributed by atoms with van der Waals surface area (Å²) in [4.78, 5) is 17.1. The van der Waals surface area contributed by atoms with Gasteiger partial charge in [-0.25, -0.2) is 4.98 Å². The molecule has 4 N–H and O–H groups in total. The monoisotopic (exact) mass is 301 g/mol. The first kappa shape index (κ1) is 15.2. The standard InChI is InChI=1S/C12H19N3O4S/c1-12(2)6-15(3-7(4-16)19-12)11-14-8(5-20-11)9(13)10(17)18/h5,7,9,16H,3-4,6,13H2,1-2H3,(H,17,18). The minimum absolute atomic E-state index is 0.0627. The number of carbonyl (C=O) groups is 1. The first-order valence-electron chi connectivity index (χ1n) is 6.30. The Labute approximate surface area is 121 Å². The summed E-state index contributed by atoms with van der Waals surface area (Å²) in [7, 11) is 0. The minimum atomic E-state index is -1.11. The predicted octanol–water partition coefficient (Wildman–Crippen LogP) is 0.204. The van der Waals surface area contributed by atoms with Crippen LogP contribution in [0.15, 0.2) is 5.38 Å². The molecule has 0 saturated carbocycles. The quantitative estimate of drug-likeness (QED) is 0.729. The van der Waals surface area contributed by atoms with Gasteiger partial charge in [0.1, 0.15) is 6.04 Å². The molecule has 0 aliphatic carbocycles. The number of carboxylic acid groups (broad SMARTS) is 1. The van der Waals surface area contributed by atoms with Crippen LogP contribution < -0.4 is 10.6 Å². The van der Waals surface area contributed by atoms with Crippen LogP contribution in [0.2, 0.25) is 0 Å². The average Bonchev–Trinajstić information content (AvgIpc) is 2.85. The summed E-state index contributed by atoms with van der Waals surface area (Å²) < 4.78 is 5.73. The summed E-state index contributed by atoms with van der Waals surface area (Å²) >= 11 is 1.35. The predicted molar refractivity (Wildman–Crippen MR) is 74.9 cm³/mol. The van der Waals surface area contributed by atoms with E-state index in [1.54, 1.807) is 5.38 Å². The highest BCUT2D eigenvalue weighted by molar-refractivity contribution is 7.13. The number of aliphatic carboxylic acids is 1. The van der Waals surface area contributed by atoms with Gasteiger partial charge in [-0.15, -0.1) is 11.3 Å². The second-order valence-electron chi connectivity index (χ2n) is 5.43. The fraction of sp³-hybridized carbons (Fsp3) is 0.667. The second kappa shape index (κ2) is 5.65. The summed E-state index contributed by atoms with van der Waals surface area (Å²) in [5, 5.41) is 20.5. The van der Waals surface area contributed by atoms with Gasteiger partial charge in [-0.2, -0.15) is 0 Å². The van der Waals surface area contributed by atoms with E-state index < -0.39 is 17.6 Å². The Bertz CT molecular complexity index is 491. The lowest BCUT2D eigenvalue weighted by Gasteiger charge is -2.42. The highest BCUT2D eigenvalue weighted by Crippen LogP contribution is 2.29. The lowest BCUT2D eigenvalue weighted by molar-refractivity contribution is -0.138. The zero-order chi connectivity index (χ0) is 14.9. The number of nitrogens with zero attached hydrogens (tertiary/aromatic N) is 2. The number of ether oxygens (including phenoxy) is 1. The highest BCUT2D eigenvalue weighted by Gasteiger charge is 2.34. The molecule has 0 aromatic carbocycles. The van der Waals surface area contributed by atoms with E-state index in [2.05, 4.69) is 4.98 Å². The molecule has 1 aromatic rings. The second-order valence-corrected chi connectivity index (χ2v) is 6.27. The number of thiazole rings is 1. The topological polar surface area (TPSA) is 109 Å². The van der Waals surface area contributed by atoms with Crippen LogP contribution in [0.1, 0.15) is 25.6 Å². The molecule has 1 fully saturated rings. The van der Waals surface area contributed by atoms with Crippen molar-refractivity contribution in [3.05, 3.63) is 11.1 Å². The fourth-order valence-corrected chi connectivity index (χ4v) is 3.10. The molecule has 0 radical (unpaired) electrons. The zero-order valence-electron chi connectivity index (χ0n) is 11.4. The van der Waals surface area contributed by atoms with Crippen molar-refractivity contribution in [2.45, 2.75) is 31.6 Å². The van der Waals surface area contributed by atoms with E-state index in [-0.39, 0.29) is 12.7 Å². The van der Waals surface area contributed by atoms with Crippen molar-refractivity contribution >= 4 is 22.4 Å². The summed E-state index contributed by atoms with van der Waals surface area (Å²) in [5.74, 6) is -1.10. The Morgan fingerprint density at radius 1 is 1.75 bits per heavy atom. The van der Waals surface area contributed by atoms with Crippen LogP contribution in [0.4, 0.5) is 5.13 Å². The van der Waals surface area contributed by atoms with Crippen molar-refractivity contribution in [3.63, 3.8) is 0 Å². The van der Waals surface area contributed by atoms with E-state index in [1.807, 2.05) is 18.7 Å². The van der Waals surface area contributed by atoms with Gasteiger partial charge in [-0.3, -0.25) is 4.79 Å². The van der Waals surface area contributed by atoms with Gasteiger partial charge in [-0.05, 0) is 13.8 Å². The minimum Gasteiger partial charge on any atom is -0.480 e. The number of nitrogens with two attached hydrogens (primary N) is 1. The fourth-order valence-electron chi connectivity index (χ4n) is 2.23. The lowest BCUT2D eigenvalue weighted by atomic mass is 10.1. The molecule has 0 spiro atoms. The largest absolute Gasteiger partial charge is 0.480 e. The molecule has 2 heterocycles. The Kier molecular flexibility index (Phi) is 4.28. The Balaban J connectivity index is 2.16. The average molecular weight is 301 g/mol. The van der Waals surface area contributed by atoms with Crippen LogP contribution >= 0.6 is 11.3 Å². The Hall–Kier alpha value is -1.22. The lowest BCUT2D eigenvalue weighted by Crippen LogP contribution is -2.54. The van der Waals surface area contributed by atoms with E-state index in [0.29, 0.717) is 23.9 Å². The maximum atomic E-state index is 10.9. The molecule has 1 saturated heterocycles. The number of aliphatic hydroxyl groups excluding tert-OH is 1. The van der Waals surface area contributed by atoms with Gasteiger partial charge >= 0.3 is 5.97 Å². The number of hydrogen-bond acceptors (Lipinski definition) is 7. The number of aromatic nitrogens is 1. The van der Waals surface area contributed by atoms with Crippen LogP contribution in [0, 0.1) is 0 Å². The molecule has 7 nitrogen and oxygen atoms in total. The summed E-state index contributed by atoms with van der Waals surface area (Å²) in [6, 6.07) is -1.11. The molecule has 2 unspecified atom stereocenters. The molecule has 1 aliphatic heterocycles. The zero-order valence-corrected chi connectivity index (χ0v) is 12.3. The molecule has 0 bridgehead atoms. The van der Waals surface area contributed by atoms with Crippen molar-refractivity contribution in [2.75, 3.05) is 24.6 Å². The van der Waals surface area contributed by atoms with E-state index in [9.17, 15) is 9.90 Å². The molecule has 1 aromatic heterocycles. The van der Waals surface area contributed by atoms with Crippen molar-refractivity contribution in [3.8, 4) is 0 Å². The molecule has 2 rings (SSSR count). The SMILES string of the molecule is CC1(C)CN(c2nc(C(N)C(=O)O)cs2)CC(CO)O1. The number of anilines is 1. The summed E-state index contributed by atoms with van der Waals surface area (Å²) in [6.45, 7) is 4.97. The van der Waals surface area contributed by atoms with Gasteiger partial charge in [0.05, 0.1) is 24.0 Å². The van der Waals surface area contributed by atoms with Crippen molar-refractivity contribution < 1.29 is 19.7 Å². The van der Waals surface area contributed by atoms with Gasteiger partial charge in [0.2, 0.25) is 0 Å². The van der Waals surface area contributed by atoms with Crippen LogP contribution in [0.25, 0.3) is 0 Å². The first-order valence-corrected chi connectivity index (χ1v) is 7.18. The Morgan fingerprint density at radius 3 is 3.05 bits per heavy atom. The van der Waals surface area contributed by atoms with Crippen LogP contribution in [0.5, 0.6) is 0 Å². The third-order valence-corrected chi connectivity index (χ3v) is 3.97. The molecule has 0 amide bonds. The maximum Gasteiger partial charge on any atom is 0.326 e. The third-order valence-electron chi connectivity index (χ3n) is 3.05. The van der Waals surface area contributed by atoms with Crippen molar-refractivity contribution in [1.29, 1.82) is 0 Å². The third kappa shape index (κ3) is 3.26. The summed E-state index contributed by atoms with van der Waals surface area (Å²) in [6.07, 6.45) is -0.278. The molecule has 2 atom stereocenters. The van der Waals surface area contributed by atoms with Crippen LogP contribution in [-0.4, -0.2) is 52.6 Å². The molecule has 8 heteroatoms. The Morgan fingerprint density at radius 2 is 2.45 bits per heavy atom. The van der Waals surface area contributed by atoms with E-state index in [1.165, 1.54) is 11.3 Å². The molecule has 1 aliphatic rings. The van der Waals surface area contributed by atoms with Gasteiger partial charge in [0.15, 0.2) is 5.13 Å². The highest BCUT2D eigenvalue weighted by atomic mass is 32.1. The molecule has 112 valence electrons. The molecule has 20 heavy (non-hydrogen) atoms.